The molecule has 1 aromatic carbocycles. The Morgan fingerprint density at radius 1 is 1.15 bits per heavy atom. The summed E-state index contributed by atoms with van der Waals surface area (Å²) in [7, 11) is 0. The SMILES string of the molecule is CC(C)n1cnc2c(NCCN3CCOCC3)nc(-c3ccc(C(=O)NC4CC4)cc3)nc21. The highest BCUT2D eigenvalue weighted by molar-refractivity contribution is 5.95. The van der Waals surface area contributed by atoms with Crippen LogP contribution in [0.2, 0.25) is 0 Å². The highest BCUT2D eigenvalue weighted by Gasteiger charge is 2.24. The Morgan fingerprint density at radius 3 is 2.61 bits per heavy atom. The molecule has 3 heterocycles. The molecule has 3 aromatic rings. The molecule has 1 amide bonds. The third-order valence-electron chi connectivity index (χ3n) is 6.12. The number of rotatable bonds is 8. The Kier molecular flexibility index (Phi) is 6.24. The van der Waals surface area contributed by atoms with E-state index in [9.17, 15) is 4.79 Å². The molecule has 9 heteroatoms. The normalized spacial score (nSPS) is 16.9. The number of aromatic nitrogens is 4. The van der Waals surface area contributed by atoms with Crippen LogP contribution in [0.5, 0.6) is 0 Å². The number of anilines is 1. The van der Waals surface area contributed by atoms with Gasteiger partial charge in [0.15, 0.2) is 17.3 Å². The fourth-order valence-electron chi connectivity index (χ4n) is 3.97. The van der Waals surface area contributed by atoms with Crippen LogP contribution in [0.1, 0.15) is 43.1 Å². The lowest BCUT2D eigenvalue weighted by atomic mass is 10.1. The molecule has 33 heavy (non-hydrogen) atoms. The number of imidazole rings is 1. The van der Waals surface area contributed by atoms with Gasteiger partial charge in [-0.2, -0.15) is 0 Å². The highest BCUT2D eigenvalue weighted by atomic mass is 16.5. The first-order chi connectivity index (χ1) is 16.1. The molecular weight excluding hydrogens is 418 g/mol. The van der Waals surface area contributed by atoms with Gasteiger partial charge in [0.1, 0.15) is 5.52 Å². The van der Waals surface area contributed by atoms with Crippen molar-refractivity contribution in [1.82, 2.24) is 29.7 Å². The summed E-state index contributed by atoms with van der Waals surface area (Å²) in [4.78, 5) is 29.0. The summed E-state index contributed by atoms with van der Waals surface area (Å²) >= 11 is 0. The molecule has 174 valence electrons. The molecule has 1 saturated carbocycles. The fraction of sp³-hybridized carbons (Fsp3) is 0.500. The first-order valence-corrected chi connectivity index (χ1v) is 11.8. The molecule has 2 aromatic heterocycles. The standard InChI is InChI=1S/C24H31N7O2/c1-16(2)31-15-26-20-22(25-9-10-30-11-13-33-14-12-30)28-21(29-23(20)31)17-3-5-18(6-4-17)24(32)27-19-7-8-19/h3-6,15-16,19H,7-14H2,1-2H3,(H,27,32)(H,25,28,29). The Hall–Kier alpha value is -3.04. The number of carbonyl (C=O) groups is 1. The van der Waals surface area contributed by atoms with Gasteiger partial charge in [-0.15, -0.1) is 0 Å². The molecule has 0 spiro atoms. The maximum atomic E-state index is 12.3. The number of nitrogens with zero attached hydrogens (tertiary/aromatic N) is 5. The van der Waals surface area contributed by atoms with E-state index in [1.165, 1.54) is 0 Å². The first kappa shape index (κ1) is 21.8. The van der Waals surface area contributed by atoms with Crippen LogP contribution in [-0.2, 0) is 4.74 Å². The van der Waals surface area contributed by atoms with Crippen LogP contribution in [0, 0.1) is 0 Å². The molecule has 2 N–H and O–H groups in total. The predicted molar refractivity (Wildman–Crippen MR) is 127 cm³/mol. The topological polar surface area (TPSA) is 97.2 Å². The van der Waals surface area contributed by atoms with E-state index in [0.717, 1.165) is 74.8 Å². The largest absolute Gasteiger partial charge is 0.379 e. The molecule has 2 fully saturated rings. The molecule has 1 saturated heterocycles. The molecule has 1 aliphatic carbocycles. The quantitative estimate of drug-likeness (QED) is 0.546. The molecule has 0 atom stereocenters. The lowest BCUT2D eigenvalue weighted by Gasteiger charge is -2.26. The number of carbonyl (C=O) groups excluding carboxylic acids is 1. The zero-order chi connectivity index (χ0) is 22.8. The van der Waals surface area contributed by atoms with Crippen molar-refractivity contribution in [3.05, 3.63) is 36.2 Å². The van der Waals surface area contributed by atoms with E-state index < -0.39 is 0 Å². The summed E-state index contributed by atoms with van der Waals surface area (Å²) in [5.74, 6) is 1.33. The van der Waals surface area contributed by atoms with E-state index in [4.69, 9.17) is 14.7 Å². The molecule has 1 aliphatic heterocycles. The van der Waals surface area contributed by atoms with Crippen LogP contribution in [0.25, 0.3) is 22.6 Å². The molecule has 9 nitrogen and oxygen atoms in total. The smallest absolute Gasteiger partial charge is 0.251 e. The van der Waals surface area contributed by atoms with Crippen LogP contribution >= 0.6 is 0 Å². The van der Waals surface area contributed by atoms with Crippen molar-refractivity contribution in [1.29, 1.82) is 0 Å². The van der Waals surface area contributed by atoms with Gasteiger partial charge in [0.05, 0.1) is 19.5 Å². The van der Waals surface area contributed by atoms with Crippen molar-refractivity contribution in [2.75, 3.05) is 44.7 Å². The fourth-order valence-corrected chi connectivity index (χ4v) is 3.97. The number of ether oxygens (including phenoxy) is 1. The summed E-state index contributed by atoms with van der Waals surface area (Å²) in [5, 5.41) is 6.51. The van der Waals surface area contributed by atoms with Crippen molar-refractivity contribution in [3.8, 4) is 11.4 Å². The molecular formula is C24H31N7O2. The minimum atomic E-state index is -0.0243. The summed E-state index contributed by atoms with van der Waals surface area (Å²) in [6.07, 6.45) is 3.97. The van der Waals surface area contributed by atoms with E-state index in [2.05, 4.69) is 38.9 Å². The lowest BCUT2D eigenvalue weighted by molar-refractivity contribution is 0.0398. The molecule has 0 unspecified atom stereocenters. The number of nitrogens with one attached hydrogen (secondary N) is 2. The predicted octanol–water partition coefficient (Wildman–Crippen LogP) is 2.71. The zero-order valence-electron chi connectivity index (χ0n) is 19.3. The van der Waals surface area contributed by atoms with Gasteiger partial charge in [0.2, 0.25) is 0 Å². The summed E-state index contributed by atoms with van der Waals surface area (Å²) in [6.45, 7) is 9.39. The lowest BCUT2D eigenvalue weighted by Crippen LogP contribution is -2.39. The van der Waals surface area contributed by atoms with Gasteiger partial charge in [-0.25, -0.2) is 15.0 Å². The van der Waals surface area contributed by atoms with Crippen molar-refractivity contribution in [2.45, 2.75) is 38.8 Å². The highest BCUT2D eigenvalue weighted by Crippen LogP contribution is 2.26. The Balaban J connectivity index is 1.40. The van der Waals surface area contributed by atoms with Crippen molar-refractivity contribution in [2.24, 2.45) is 0 Å². The molecule has 0 radical (unpaired) electrons. The third kappa shape index (κ3) is 4.99. The maximum Gasteiger partial charge on any atom is 0.251 e. The second-order valence-corrected chi connectivity index (χ2v) is 9.02. The third-order valence-corrected chi connectivity index (χ3v) is 6.12. The summed E-state index contributed by atoms with van der Waals surface area (Å²) in [6, 6.07) is 8.07. The Labute approximate surface area is 193 Å². The van der Waals surface area contributed by atoms with E-state index in [0.29, 0.717) is 17.4 Å². The van der Waals surface area contributed by atoms with Gasteiger partial charge in [0, 0.05) is 49.4 Å². The van der Waals surface area contributed by atoms with Gasteiger partial charge in [0.25, 0.3) is 5.91 Å². The Morgan fingerprint density at radius 2 is 1.91 bits per heavy atom. The van der Waals surface area contributed by atoms with Gasteiger partial charge >= 0.3 is 0 Å². The number of benzene rings is 1. The van der Waals surface area contributed by atoms with E-state index in [1.54, 1.807) is 0 Å². The summed E-state index contributed by atoms with van der Waals surface area (Å²) in [5.41, 5.74) is 3.10. The minimum Gasteiger partial charge on any atom is -0.379 e. The average Bonchev–Trinajstić information content (AvgIpc) is 3.54. The van der Waals surface area contributed by atoms with Crippen LogP contribution in [0.3, 0.4) is 0 Å². The average molecular weight is 450 g/mol. The minimum absolute atomic E-state index is 0.0243. The Bertz CT molecular complexity index is 1120. The van der Waals surface area contributed by atoms with Crippen LogP contribution in [0.15, 0.2) is 30.6 Å². The monoisotopic (exact) mass is 449 g/mol. The summed E-state index contributed by atoms with van der Waals surface area (Å²) < 4.78 is 7.50. The number of hydrogen-bond acceptors (Lipinski definition) is 7. The maximum absolute atomic E-state index is 12.3. The van der Waals surface area contributed by atoms with Crippen LogP contribution in [0.4, 0.5) is 5.82 Å². The van der Waals surface area contributed by atoms with Crippen molar-refractivity contribution < 1.29 is 9.53 Å². The van der Waals surface area contributed by atoms with Gasteiger partial charge in [-0.3, -0.25) is 9.69 Å². The number of morpholine rings is 1. The van der Waals surface area contributed by atoms with Crippen molar-refractivity contribution in [3.63, 3.8) is 0 Å². The molecule has 0 bridgehead atoms. The van der Waals surface area contributed by atoms with Gasteiger partial charge in [-0.1, -0.05) is 12.1 Å². The van der Waals surface area contributed by atoms with Crippen LogP contribution in [-0.4, -0.2) is 75.8 Å². The van der Waals surface area contributed by atoms with E-state index >= 15 is 0 Å². The number of hydrogen-bond donors (Lipinski definition) is 2. The second kappa shape index (κ2) is 9.44. The van der Waals surface area contributed by atoms with Gasteiger partial charge in [-0.05, 0) is 38.8 Å². The van der Waals surface area contributed by atoms with Crippen LogP contribution < -0.4 is 10.6 Å². The van der Waals surface area contributed by atoms with E-state index in [-0.39, 0.29) is 11.9 Å². The van der Waals surface area contributed by atoms with Crippen molar-refractivity contribution >= 4 is 22.9 Å². The number of amides is 1. The van der Waals surface area contributed by atoms with Gasteiger partial charge < -0.3 is 19.9 Å². The zero-order valence-corrected chi connectivity index (χ0v) is 19.3. The molecule has 5 rings (SSSR count). The first-order valence-electron chi connectivity index (χ1n) is 11.8. The molecule has 2 aliphatic rings. The second-order valence-electron chi connectivity index (χ2n) is 9.02. The number of fused-ring (bicyclic) bond motifs is 1. The van der Waals surface area contributed by atoms with E-state index in [1.807, 2.05) is 30.6 Å².